The number of piperidine rings is 1. The van der Waals surface area contributed by atoms with E-state index in [0.717, 1.165) is 18.8 Å². The zero-order valence-corrected chi connectivity index (χ0v) is 7.55. The van der Waals surface area contributed by atoms with Crippen molar-refractivity contribution in [3.63, 3.8) is 0 Å². The quantitative estimate of drug-likeness (QED) is 0.573. The minimum atomic E-state index is -0.833. The van der Waals surface area contributed by atoms with E-state index in [9.17, 15) is 0 Å². The fourth-order valence-corrected chi connectivity index (χ4v) is 2.04. The highest BCUT2D eigenvalue weighted by Gasteiger charge is 2.27. The van der Waals surface area contributed by atoms with Crippen LogP contribution in [0.25, 0.3) is 0 Å². The van der Waals surface area contributed by atoms with Gasteiger partial charge in [0, 0.05) is 6.92 Å². The lowest BCUT2D eigenvalue weighted by Crippen LogP contribution is -2.30. The number of fused-ring (bicyclic) bond motifs is 2. The molecule has 2 N–H and O–H groups in total. The fourth-order valence-electron chi connectivity index (χ4n) is 2.04. The van der Waals surface area contributed by atoms with Crippen LogP contribution in [-0.4, -0.2) is 24.2 Å². The van der Waals surface area contributed by atoms with Crippen LogP contribution in [0.3, 0.4) is 0 Å². The molecule has 0 aromatic carbocycles. The van der Waals surface area contributed by atoms with Crippen molar-refractivity contribution >= 4 is 5.97 Å². The van der Waals surface area contributed by atoms with Crippen LogP contribution < -0.4 is 5.32 Å². The Labute approximate surface area is 73.2 Å². The third-order valence-corrected chi connectivity index (χ3v) is 2.52. The lowest BCUT2D eigenvalue weighted by molar-refractivity contribution is -0.134. The fraction of sp³-hybridized carbons (Fsp3) is 0.889. The molecule has 1 saturated heterocycles. The maximum absolute atomic E-state index is 9.00. The molecule has 2 unspecified atom stereocenters. The number of hydrogen-bond donors (Lipinski definition) is 2. The van der Waals surface area contributed by atoms with Gasteiger partial charge in [0.05, 0.1) is 0 Å². The van der Waals surface area contributed by atoms with Crippen molar-refractivity contribution in [2.24, 2.45) is 11.8 Å². The molecule has 70 valence electrons. The van der Waals surface area contributed by atoms with Crippen molar-refractivity contribution in [2.45, 2.75) is 26.2 Å². The Morgan fingerprint density at radius 2 is 1.75 bits per heavy atom. The average molecular weight is 171 g/mol. The summed E-state index contributed by atoms with van der Waals surface area (Å²) in [5.74, 6) is 1.27. The number of nitrogens with one attached hydrogen (secondary N) is 1. The molecule has 2 fully saturated rings. The minimum absolute atomic E-state index is 0.833. The molecule has 0 radical (unpaired) electrons. The highest BCUT2D eigenvalue weighted by Crippen LogP contribution is 2.32. The minimum Gasteiger partial charge on any atom is -0.481 e. The van der Waals surface area contributed by atoms with Crippen molar-refractivity contribution in [2.75, 3.05) is 13.1 Å². The molecule has 2 atom stereocenters. The lowest BCUT2D eigenvalue weighted by Gasteiger charge is -2.18. The van der Waals surface area contributed by atoms with Crippen molar-refractivity contribution < 1.29 is 9.90 Å². The van der Waals surface area contributed by atoms with Gasteiger partial charge in [-0.1, -0.05) is 0 Å². The van der Waals surface area contributed by atoms with Crippen molar-refractivity contribution in [3.05, 3.63) is 0 Å². The van der Waals surface area contributed by atoms with E-state index in [0.29, 0.717) is 0 Å². The molecule has 1 saturated carbocycles. The van der Waals surface area contributed by atoms with Crippen LogP contribution in [0.5, 0.6) is 0 Å². The van der Waals surface area contributed by atoms with Crippen LogP contribution >= 0.6 is 0 Å². The largest absolute Gasteiger partial charge is 0.481 e. The highest BCUT2D eigenvalue weighted by molar-refractivity contribution is 5.62. The van der Waals surface area contributed by atoms with Gasteiger partial charge in [-0.25, -0.2) is 0 Å². The number of rotatable bonds is 0. The van der Waals surface area contributed by atoms with Gasteiger partial charge in [-0.2, -0.15) is 0 Å². The predicted molar refractivity (Wildman–Crippen MR) is 47.0 cm³/mol. The van der Waals surface area contributed by atoms with Crippen LogP contribution in [0.2, 0.25) is 0 Å². The van der Waals surface area contributed by atoms with E-state index >= 15 is 0 Å². The summed E-state index contributed by atoms with van der Waals surface area (Å²) in [5.41, 5.74) is 0. The van der Waals surface area contributed by atoms with Gasteiger partial charge >= 0.3 is 0 Å². The van der Waals surface area contributed by atoms with E-state index in [2.05, 4.69) is 5.32 Å². The zero-order chi connectivity index (χ0) is 8.97. The van der Waals surface area contributed by atoms with Crippen LogP contribution in [0.15, 0.2) is 0 Å². The molecule has 3 heteroatoms. The SMILES string of the molecule is C1CC2CNCC1C2.CC(=O)O. The average Bonchev–Trinajstić information content (AvgIpc) is 2.30. The van der Waals surface area contributed by atoms with Gasteiger partial charge < -0.3 is 10.4 Å². The maximum atomic E-state index is 9.00. The van der Waals surface area contributed by atoms with E-state index in [4.69, 9.17) is 9.90 Å². The second-order valence-corrected chi connectivity index (χ2v) is 3.72. The number of hydrogen-bond acceptors (Lipinski definition) is 2. The van der Waals surface area contributed by atoms with Gasteiger partial charge in [-0.05, 0) is 44.2 Å². The van der Waals surface area contributed by atoms with E-state index in [1.807, 2.05) is 0 Å². The maximum Gasteiger partial charge on any atom is 0.300 e. The van der Waals surface area contributed by atoms with Crippen LogP contribution in [-0.2, 0) is 4.79 Å². The first-order valence-electron chi connectivity index (χ1n) is 4.58. The molecule has 2 bridgehead atoms. The first kappa shape index (κ1) is 9.52. The summed E-state index contributed by atoms with van der Waals surface area (Å²) < 4.78 is 0. The monoisotopic (exact) mass is 171 g/mol. The Bertz CT molecular complexity index is 141. The summed E-state index contributed by atoms with van der Waals surface area (Å²) in [6, 6.07) is 0. The van der Waals surface area contributed by atoms with E-state index < -0.39 is 5.97 Å². The molecule has 1 aliphatic heterocycles. The molecule has 3 nitrogen and oxygen atoms in total. The molecule has 0 aromatic heterocycles. The molecular formula is C9H17NO2. The smallest absolute Gasteiger partial charge is 0.300 e. The number of carbonyl (C=O) groups is 1. The molecular weight excluding hydrogens is 154 g/mol. The number of carboxylic acids is 1. The second-order valence-electron chi connectivity index (χ2n) is 3.72. The first-order valence-corrected chi connectivity index (χ1v) is 4.58. The topological polar surface area (TPSA) is 49.3 Å². The van der Waals surface area contributed by atoms with Gasteiger partial charge in [0.1, 0.15) is 0 Å². The first-order chi connectivity index (χ1) is 5.68. The van der Waals surface area contributed by atoms with Crippen molar-refractivity contribution in [1.82, 2.24) is 5.32 Å². The molecule has 1 aliphatic carbocycles. The number of aliphatic carboxylic acids is 1. The Morgan fingerprint density at radius 1 is 1.33 bits per heavy atom. The third-order valence-electron chi connectivity index (χ3n) is 2.52. The molecule has 0 aromatic rings. The van der Waals surface area contributed by atoms with Crippen LogP contribution in [0.4, 0.5) is 0 Å². The van der Waals surface area contributed by atoms with Crippen LogP contribution in [0.1, 0.15) is 26.2 Å². The summed E-state index contributed by atoms with van der Waals surface area (Å²) in [5, 5.41) is 10.9. The van der Waals surface area contributed by atoms with Gasteiger partial charge in [0.2, 0.25) is 0 Å². The molecule has 1 heterocycles. The summed E-state index contributed by atoms with van der Waals surface area (Å²) >= 11 is 0. The predicted octanol–water partition coefficient (Wildman–Crippen LogP) is 1.10. The van der Waals surface area contributed by atoms with E-state index in [1.54, 1.807) is 0 Å². The molecule has 0 spiro atoms. The zero-order valence-electron chi connectivity index (χ0n) is 7.55. The normalized spacial score (nSPS) is 32.1. The highest BCUT2D eigenvalue weighted by atomic mass is 16.4. The van der Waals surface area contributed by atoms with Gasteiger partial charge in [-0.3, -0.25) is 4.79 Å². The molecule has 12 heavy (non-hydrogen) atoms. The Morgan fingerprint density at radius 3 is 2.08 bits per heavy atom. The third kappa shape index (κ3) is 3.22. The van der Waals surface area contributed by atoms with Gasteiger partial charge in [0.15, 0.2) is 0 Å². The van der Waals surface area contributed by atoms with Crippen LogP contribution in [0, 0.1) is 11.8 Å². The Kier molecular flexibility index (Phi) is 3.53. The van der Waals surface area contributed by atoms with Gasteiger partial charge in [0.25, 0.3) is 5.97 Å². The Balaban J connectivity index is 0.000000157. The molecule has 2 aliphatic rings. The summed E-state index contributed by atoms with van der Waals surface area (Å²) in [7, 11) is 0. The van der Waals surface area contributed by atoms with E-state index in [1.165, 1.54) is 32.4 Å². The van der Waals surface area contributed by atoms with E-state index in [-0.39, 0.29) is 0 Å². The molecule has 0 amide bonds. The Hall–Kier alpha value is -0.570. The van der Waals surface area contributed by atoms with Crippen molar-refractivity contribution in [1.29, 1.82) is 0 Å². The van der Waals surface area contributed by atoms with Gasteiger partial charge in [-0.15, -0.1) is 0 Å². The number of carboxylic acid groups (broad SMARTS) is 1. The molecule has 2 rings (SSSR count). The summed E-state index contributed by atoms with van der Waals surface area (Å²) in [6.07, 6.45) is 4.52. The summed E-state index contributed by atoms with van der Waals surface area (Å²) in [6.45, 7) is 3.69. The summed E-state index contributed by atoms with van der Waals surface area (Å²) in [4.78, 5) is 9.00. The standard InChI is InChI=1S/C7H13N.C2H4O2/c1-2-7-3-6(1)4-8-5-7;1-2(3)4/h6-8H,1-5H2;1H3,(H,3,4). The lowest BCUT2D eigenvalue weighted by atomic mass is 10.0. The van der Waals surface area contributed by atoms with Crippen molar-refractivity contribution in [3.8, 4) is 0 Å². The second kappa shape index (κ2) is 4.45.